The molecule has 0 bridgehead atoms. The summed E-state index contributed by atoms with van der Waals surface area (Å²) in [5, 5.41) is 1.07. The maximum atomic E-state index is 5.26. The zero-order valence-electron chi connectivity index (χ0n) is 10.1. The second-order valence-electron chi connectivity index (χ2n) is 3.97. The first-order chi connectivity index (χ1) is 8.08. The van der Waals surface area contributed by atoms with Gasteiger partial charge in [-0.3, -0.25) is 0 Å². The number of thiocarbonyl (C=S) groups is 1. The third-order valence-corrected chi connectivity index (χ3v) is 2.84. The number of aromatic amines is 1. The van der Waals surface area contributed by atoms with Crippen LogP contribution in [-0.2, 0) is 0 Å². The molecule has 0 spiro atoms. The molecule has 2 rings (SSSR count). The van der Waals surface area contributed by atoms with Crippen molar-refractivity contribution in [1.29, 1.82) is 0 Å². The van der Waals surface area contributed by atoms with E-state index >= 15 is 0 Å². The van der Waals surface area contributed by atoms with Crippen molar-refractivity contribution >= 4 is 34.1 Å². The van der Waals surface area contributed by atoms with Gasteiger partial charge in [-0.15, -0.1) is 0 Å². The van der Waals surface area contributed by atoms with E-state index < -0.39 is 0 Å². The van der Waals surface area contributed by atoms with Crippen molar-refractivity contribution in [3.63, 3.8) is 0 Å². The Balaban J connectivity index is 2.33. The Labute approximate surface area is 105 Å². The summed E-state index contributed by atoms with van der Waals surface area (Å²) in [4.78, 5) is 14.2. The molecule has 0 aromatic carbocycles. The van der Waals surface area contributed by atoms with Crippen LogP contribution in [0.3, 0.4) is 0 Å². The predicted molar refractivity (Wildman–Crippen MR) is 74.6 cm³/mol. The van der Waals surface area contributed by atoms with E-state index in [1.165, 1.54) is 0 Å². The lowest BCUT2D eigenvalue weighted by molar-refractivity contribution is 0.620. The third kappa shape index (κ3) is 2.50. The summed E-state index contributed by atoms with van der Waals surface area (Å²) in [5.74, 6) is 0.864. The molecule has 5 heteroatoms. The van der Waals surface area contributed by atoms with Crippen molar-refractivity contribution in [3.8, 4) is 0 Å². The van der Waals surface area contributed by atoms with E-state index in [0.29, 0.717) is 4.99 Å². The fraction of sp³-hybridized carbons (Fsp3) is 0.250. The number of aliphatic imine (C=N–C) groups is 1. The lowest BCUT2D eigenvalue weighted by atomic mass is 10.3. The number of aromatic nitrogens is 2. The number of rotatable bonds is 1. The third-order valence-electron chi connectivity index (χ3n) is 2.54. The summed E-state index contributed by atoms with van der Waals surface area (Å²) in [7, 11) is 3.87. The molecule has 2 aromatic rings. The summed E-state index contributed by atoms with van der Waals surface area (Å²) >= 11 is 5.26. The molecule has 0 amide bonds. The Morgan fingerprint density at radius 3 is 2.82 bits per heavy atom. The minimum atomic E-state index is 0.507. The molecule has 0 unspecified atom stereocenters. The number of H-pyrrole nitrogens is 1. The quantitative estimate of drug-likeness (QED) is 0.477. The zero-order chi connectivity index (χ0) is 12.4. The molecule has 0 fully saturated rings. The van der Waals surface area contributed by atoms with Gasteiger partial charge in [0.05, 0.1) is 0 Å². The number of nitrogens with zero attached hydrogens (tertiary/aromatic N) is 3. The van der Waals surface area contributed by atoms with E-state index in [1.807, 2.05) is 50.3 Å². The number of fused-ring (bicyclic) bond motifs is 1. The fourth-order valence-corrected chi connectivity index (χ4v) is 1.60. The molecule has 0 saturated carbocycles. The maximum absolute atomic E-state index is 5.26. The molecule has 4 nitrogen and oxygen atoms in total. The molecule has 17 heavy (non-hydrogen) atoms. The fourth-order valence-electron chi connectivity index (χ4n) is 1.35. The Bertz CT molecular complexity index is 583. The van der Waals surface area contributed by atoms with Gasteiger partial charge in [0.15, 0.2) is 4.99 Å². The Morgan fingerprint density at radius 2 is 2.12 bits per heavy atom. The highest BCUT2D eigenvalue weighted by Gasteiger charge is 2.05. The van der Waals surface area contributed by atoms with Crippen molar-refractivity contribution < 1.29 is 0 Å². The van der Waals surface area contributed by atoms with Crippen LogP contribution < -0.4 is 0 Å². The molecule has 0 aliphatic heterocycles. The normalized spacial score (nSPS) is 11.8. The number of amidine groups is 1. The van der Waals surface area contributed by atoms with E-state index in [0.717, 1.165) is 22.6 Å². The lowest BCUT2D eigenvalue weighted by Gasteiger charge is -2.10. The number of hydrogen-bond acceptors (Lipinski definition) is 2. The van der Waals surface area contributed by atoms with Gasteiger partial charge in [-0.05, 0) is 25.1 Å². The molecular weight excluding hydrogens is 232 g/mol. The van der Waals surface area contributed by atoms with Crippen LogP contribution in [0.2, 0.25) is 0 Å². The standard InChI is InChI=1S/C12H14N4S/c1-8(16(2)3)14-12(17)10-5-4-9-6-7-13-11(9)15-10/h4-7H,1-3H3,(H,13,15). The van der Waals surface area contributed by atoms with Crippen molar-refractivity contribution in [2.45, 2.75) is 6.92 Å². The van der Waals surface area contributed by atoms with Gasteiger partial charge < -0.3 is 9.88 Å². The van der Waals surface area contributed by atoms with Gasteiger partial charge in [0, 0.05) is 25.7 Å². The summed E-state index contributed by atoms with van der Waals surface area (Å²) in [6, 6.07) is 5.86. The first kappa shape index (κ1) is 11.7. The largest absolute Gasteiger partial charge is 0.366 e. The number of pyridine rings is 1. The van der Waals surface area contributed by atoms with Gasteiger partial charge in [0.1, 0.15) is 17.2 Å². The predicted octanol–water partition coefficient (Wildman–Crippen LogP) is 2.22. The van der Waals surface area contributed by atoms with Gasteiger partial charge in [0.25, 0.3) is 0 Å². The monoisotopic (exact) mass is 246 g/mol. The van der Waals surface area contributed by atoms with Gasteiger partial charge in [0.2, 0.25) is 0 Å². The van der Waals surface area contributed by atoms with Crippen LogP contribution in [0.4, 0.5) is 0 Å². The van der Waals surface area contributed by atoms with Crippen LogP contribution in [-0.4, -0.2) is 39.8 Å². The number of hydrogen-bond donors (Lipinski definition) is 1. The van der Waals surface area contributed by atoms with E-state index in [1.54, 1.807) is 0 Å². The average Bonchev–Trinajstić information content (AvgIpc) is 2.75. The molecule has 0 aliphatic carbocycles. The minimum Gasteiger partial charge on any atom is -0.366 e. The van der Waals surface area contributed by atoms with Crippen LogP contribution in [0.25, 0.3) is 11.0 Å². The smallest absolute Gasteiger partial charge is 0.153 e. The molecule has 0 radical (unpaired) electrons. The molecule has 2 heterocycles. The summed E-state index contributed by atoms with van der Waals surface area (Å²) in [5.41, 5.74) is 1.55. The van der Waals surface area contributed by atoms with Gasteiger partial charge in [-0.25, -0.2) is 9.98 Å². The van der Waals surface area contributed by atoms with Crippen LogP contribution in [0.5, 0.6) is 0 Å². The van der Waals surface area contributed by atoms with Crippen LogP contribution >= 0.6 is 12.2 Å². The topological polar surface area (TPSA) is 44.3 Å². The molecule has 1 N–H and O–H groups in total. The molecule has 88 valence electrons. The van der Waals surface area contributed by atoms with Crippen LogP contribution in [0.15, 0.2) is 29.4 Å². The second kappa shape index (κ2) is 4.63. The number of nitrogens with one attached hydrogen (secondary N) is 1. The van der Waals surface area contributed by atoms with E-state index in [4.69, 9.17) is 12.2 Å². The summed E-state index contributed by atoms with van der Waals surface area (Å²) in [6.45, 7) is 1.92. The molecule has 2 aromatic heterocycles. The first-order valence-electron chi connectivity index (χ1n) is 5.29. The highest BCUT2D eigenvalue weighted by Crippen LogP contribution is 2.11. The van der Waals surface area contributed by atoms with Crippen LogP contribution in [0.1, 0.15) is 12.6 Å². The summed E-state index contributed by atoms with van der Waals surface area (Å²) < 4.78 is 0. The van der Waals surface area contributed by atoms with Gasteiger partial charge >= 0.3 is 0 Å². The Hall–Kier alpha value is -1.75. The highest BCUT2D eigenvalue weighted by atomic mass is 32.1. The average molecular weight is 246 g/mol. The van der Waals surface area contributed by atoms with Crippen molar-refractivity contribution in [1.82, 2.24) is 14.9 Å². The Morgan fingerprint density at radius 1 is 1.35 bits per heavy atom. The minimum absolute atomic E-state index is 0.507. The molecule has 0 atom stereocenters. The van der Waals surface area contributed by atoms with E-state index in [9.17, 15) is 0 Å². The van der Waals surface area contributed by atoms with Crippen molar-refractivity contribution in [3.05, 3.63) is 30.1 Å². The van der Waals surface area contributed by atoms with Crippen LogP contribution in [0, 0.1) is 0 Å². The van der Waals surface area contributed by atoms with E-state index in [2.05, 4.69) is 15.0 Å². The maximum Gasteiger partial charge on any atom is 0.153 e. The first-order valence-corrected chi connectivity index (χ1v) is 5.70. The van der Waals surface area contributed by atoms with E-state index in [-0.39, 0.29) is 0 Å². The second-order valence-corrected chi connectivity index (χ2v) is 4.36. The zero-order valence-corrected chi connectivity index (χ0v) is 10.9. The Kier molecular flexibility index (Phi) is 3.19. The summed E-state index contributed by atoms with van der Waals surface area (Å²) in [6.07, 6.45) is 1.86. The molecule has 0 saturated heterocycles. The molecular formula is C12H14N4S. The highest BCUT2D eigenvalue weighted by molar-refractivity contribution is 7.80. The van der Waals surface area contributed by atoms with Gasteiger partial charge in [-0.2, -0.15) is 0 Å². The van der Waals surface area contributed by atoms with Gasteiger partial charge in [-0.1, -0.05) is 12.2 Å². The lowest BCUT2D eigenvalue weighted by Crippen LogP contribution is -2.19. The SMILES string of the molecule is CC(=NC(=S)c1ccc2cc[nH]c2n1)N(C)C. The van der Waals surface area contributed by atoms with Crippen molar-refractivity contribution in [2.75, 3.05) is 14.1 Å². The molecule has 0 aliphatic rings. The van der Waals surface area contributed by atoms with Crippen molar-refractivity contribution in [2.24, 2.45) is 4.99 Å².